The van der Waals surface area contributed by atoms with Gasteiger partial charge < -0.3 is 20.7 Å². The smallest absolute Gasteiger partial charge is 0.409 e. The zero-order valence-electron chi connectivity index (χ0n) is 16.8. The summed E-state index contributed by atoms with van der Waals surface area (Å²) in [5.41, 5.74) is 7.48. The number of guanidine groups is 1. The number of aliphatic imine (C=N–C) groups is 1. The fourth-order valence-electron chi connectivity index (χ4n) is 4.02. The Morgan fingerprint density at radius 2 is 1.89 bits per heavy atom. The first kappa shape index (κ1) is 20.5. The highest BCUT2D eigenvalue weighted by Gasteiger charge is 2.25. The van der Waals surface area contributed by atoms with Crippen molar-refractivity contribution in [3.8, 4) is 0 Å². The molecule has 0 saturated carbocycles. The highest BCUT2D eigenvalue weighted by atomic mass is 16.6. The lowest BCUT2D eigenvalue weighted by molar-refractivity contribution is 0.0963. The zero-order valence-corrected chi connectivity index (χ0v) is 16.8. The van der Waals surface area contributed by atoms with Crippen molar-refractivity contribution >= 4 is 12.1 Å². The van der Waals surface area contributed by atoms with Crippen molar-refractivity contribution in [1.29, 1.82) is 0 Å². The zero-order chi connectivity index (χ0) is 19.8. The van der Waals surface area contributed by atoms with Gasteiger partial charge in [0.25, 0.3) is 0 Å². The second kappa shape index (κ2) is 10.3. The number of amides is 1. The molecule has 0 aliphatic carbocycles. The summed E-state index contributed by atoms with van der Waals surface area (Å²) in [4.78, 5) is 20.7. The van der Waals surface area contributed by atoms with Gasteiger partial charge in [0.2, 0.25) is 0 Å². The van der Waals surface area contributed by atoms with Gasteiger partial charge in [0.05, 0.1) is 19.2 Å². The van der Waals surface area contributed by atoms with Crippen LogP contribution in [0.3, 0.4) is 0 Å². The molecule has 7 nitrogen and oxygen atoms in total. The molecular formula is C21H33N5O2. The van der Waals surface area contributed by atoms with Gasteiger partial charge in [-0.1, -0.05) is 30.3 Å². The molecule has 1 unspecified atom stereocenters. The van der Waals surface area contributed by atoms with Crippen molar-refractivity contribution in [2.75, 3.05) is 39.3 Å². The summed E-state index contributed by atoms with van der Waals surface area (Å²) in [6.45, 7) is 6.51. The van der Waals surface area contributed by atoms with Crippen LogP contribution in [-0.4, -0.2) is 67.2 Å². The topological polar surface area (TPSA) is 83.2 Å². The number of carbonyl (C=O) groups excluding carboxylic acids is 1. The van der Waals surface area contributed by atoms with Crippen LogP contribution in [-0.2, 0) is 4.74 Å². The van der Waals surface area contributed by atoms with Crippen LogP contribution in [0.2, 0.25) is 0 Å². The fraction of sp³-hybridized carbons (Fsp3) is 0.619. The normalized spacial score (nSPS) is 20.2. The van der Waals surface area contributed by atoms with Crippen molar-refractivity contribution in [3.05, 3.63) is 35.9 Å². The predicted molar refractivity (Wildman–Crippen MR) is 111 cm³/mol. The Labute approximate surface area is 167 Å². The molecule has 1 atom stereocenters. The first-order chi connectivity index (χ1) is 13.7. The summed E-state index contributed by atoms with van der Waals surface area (Å²) < 4.78 is 5.07. The van der Waals surface area contributed by atoms with Gasteiger partial charge in [0.15, 0.2) is 5.96 Å². The molecule has 1 amide bonds. The summed E-state index contributed by atoms with van der Waals surface area (Å²) in [7, 11) is 0. The van der Waals surface area contributed by atoms with E-state index in [2.05, 4.69) is 39.5 Å². The van der Waals surface area contributed by atoms with Gasteiger partial charge in [-0.15, -0.1) is 0 Å². The first-order valence-corrected chi connectivity index (χ1v) is 10.4. The maximum Gasteiger partial charge on any atom is 0.409 e. The standard InChI is InChI=1S/C21H33N5O2/c1-2-28-21(27)26-14-10-18(11-15-26)24-20(22)23-16-19(25-12-6-7-13-25)17-8-4-3-5-9-17/h3-5,8-9,18-19H,2,6-7,10-16H2,1H3,(H3,22,23,24). The van der Waals surface area contributed by atoms with Crippen LogP contribution in [0.15, 0.2) is 35.3 Å². The summed E-state index contributed by atoms with van der Waals surface area (Å²) in [5.74, 6) is 0.495. The largest absolute Gasteiger partial charge is 0.450 e. The van der Waals surface area contributed by atoms with E-state index < -0.39 is 0 Å². The lowest BCUT2D eigenvalue weighted by atomic mass is 10.1. The van der Waals surface area contributed by atoms with Crippen molar-refractivity contribution in [2.24, 2.45) is 10.7 Å². The molecule has 1 aromatic rings. The van der Waals surface area contributed by atoms with E-state index in [1.165, 1.54) is 18.4 Å². The van der Waals surface area contributed by atoms with E-state index in [9.17, 15) is 4.79 Å². The van der Waals surface area contributed by atoms with E-state index in [4.69, 9.17) is 10.5 Å². The quantitative estimate of drug-likeness (QED) is 0.578. The van der Waals surface area contributed by atoms with Crippen molar-refractivity contribution in [1.82, 2.24) is 15.1 Å². The molecule has 2 saturated heterocycles. The maximum absolute atomic E-state index is 11.8. The van der Waals surface area contributed by atoms with Crippen molar-refractivity contribution in [2.45, 2.75) is 44.7 Å². The van der Waals surface area contributed by atoms with E-state index in [1.807, 2.05) is 13.0 Å². The molecule has 1 aromatic carbocycles. The first-order valence-electron chi connectivity index (χ1n) is 10.4. The molecular weight excluding hydrogens is 354 g/mol. The minimum absolute atomic E-state index is 0.223. The van der Waals surface area contributed by atoms with Crippen molar-refractivity contribution < 1.29 is 9.53 Å². The van der Waals surface area contributed by atoms with Crippen LogP contribution in [0, 0.1) is 0 Å². The number of benzene rings is 1. The van der Waals surface area contributed by atoms with E-state index in [1.54, 1.807) is 4.90 Å². The van der Waals surface area contributed by atoms with Crippen LogP contribution in [0.5, 0.6) is 0 Å². The molecule has 3 rings (SSSR count). The molecule has 2 aliphatic heterocycles. The number of hydrogen-bond acceptors (Lipinski definition) is 4. The Morgan fingerprint density at radius 3 is 2.54 bits per heavy atom. The Kier molecular flexibility index (Phi) is 7.54. The average molecular weight is 388 g/mol. The second-order valence-electron chi connectivity index (χ2n) is 7.50. The maximum atomic E-state index is 11.8. The van der Waals surface area contributed by atoms with Crippen LogP contribution >= 0.6 is 0 Å². The van der Waals surface area contributed by atoms with E-state index in [0.29, 0.717) is 32.2 Å². The van der Waals surface area contributed by atoms with Crippen LogP contribution < -0.4 is 11.1 Å². The number of likely N-dealkylation sites (tertiary alicyclic amines) is 2. The summed E-state index contributed by atoms with van der Waals surface area (Å²) >= 11 is 0. The molecule has 2 heterocycles. The van der Waals surface area contributed by atoms with Gasteiger partial charge >= 0.3 is 6.09 Å². The van der Waals surface area contributed by atoms with Crippen molar-refractivity contribution in [3.63, 3.8) is 0 Å². The number of nitrogens with one attached hydrogen (secondary N) is 1. The van der Waals surface area contributed by atoms with Crippen LogP contribution in [0.25, 0.3) is 0 Å². The minimum Gasteiger partial charge on any atom is -0.450 e. The molecule has 0 bridgehead atoms. The van der Waals surface area contributed by atoms with Crippen LogP contribution in [0.4, 0.5) is 4.79 Å². The van der Waals surface area contributed by atoms with E-state index >= 15 is 0 Å². The Hall–Kier alpha value is -2.28. The summed E-state index contributed by atoms with van der Waals surface area (Å²) in [6, 6.07) is 11.1. The van der Waals surface area contributed by atoms with E-state index in [-0.39, 0.29) is 18.2 Å². The molecule has 7 heteroatoms. The fourth-order valence-corrected chi connectivity index (χ4v) is 4.02. The highest BCUT2D eigenvalue weighted by Crippen LogP contribution is 2.25. The molecule has 154 valence electrons. The Bertz CT molecular complexity index is 637. The monoisotopic (exact) mass is 387 g/mol. The van der Waals surface area contributed by atoms with E-state index in [0.717, 1.165) is 25.9 Å². The summed E-state index contributed by atoms with van der Waals surface area (Å²) in [5, 5.41) is 3.34. The van der Waals surface area contributed by atoms with Crippen LogP contribution in [0.1, 0.15) is 44.2 Å². The number of carbonyl (C=O) groups is 1. The molecule has 0 aromatic heterocycles. The lowest BCUT2D eigenvalue weighted by Gasteiger charge is -2.32. The number of rotatable bonds is 6. The number of nitrogens with two attached hydrogens (primary N) is 1. The SMILES string of the molecule is CCOC(=O)N1CCC(NC(N)=NCC(c2ccccc2)N2CCCC2)CC1. The molecule has 2 aliphatic rings. The third kappa shape index (κ3) is 5.61. The Balaban J connectivity index is 1.52. The van der Waals surface area contributed by atoms with Gasteiger partial charge in [-0.05, 0) is 51.3 Å². The number of ether oxygens (including phenoxy) is 1. The molecule has 0 radical (unpaired) electrons. The van der Waals surface area contributed by atoms with Gasteiger partial charge in [-0.2, -0.15) is 0 Å². The molecule has 28 heavy (non-hydrogen) atoms. The third-order valence-electron chi connectivity index (χ3n) is 5.57. The number of hydrogen-bond donors (Lipinski definition) is 2. The third-order valence-corrected chi connectivity index (χ3v) is 5.57. The molecule has 0 spiro atoms. The lowest BCUT2D eigenvalue weighted by Crippen LogP contribution is -2.48. The molecule has 3 N–H and O–H groups in total. The average Bonchev–Trinajstić information content (AvgIpc) is 3.24. The van der Waals surface area contributed by atoms with Gasteiger partial charge in [0, 0.05) is 19.1 Å². The highest BCUT2D eigenvalue weighted by molar-refractivity contribution is 5.78. The predicted octanol–water partition coefficient (Wildman–Crippen LogP) is 2.35. The minimum atomic E-state index is -0.223. The second-order valence-corrected chi connectivity index (χ2v) is 7.50. The number of nitrogens with zero attached hydrogens (tertiary/aromatic N) is 3. The summed E-state index contributed by atoms with van der Waals surface area (Å²) in [6.07, 6.45) is 3.98. The van der Waals surface area contributed by atoms with Gasteiger partial charge in [0.1, 0.15) is 0 Å². The Morgan fingerprint density at radius 1 is 1.21 bits per heavy atom. The van der Waals surface area contributed by atoms with Gasteiger partial charge in [-0.3, -0.25) is 9.89 Å². The molecule has 2 fully saturated rings. The van der Waals surface area contributed by atoms with Gasteiger partial charge in [-0.25, -0.2) is 4.79 Å². The number of piperidine rings is 1.